The van der Waals surface area contributed by atoms with Gasteiger partial charge in [0.15, 0.2) is 9.84 Å². The van der Waals surface area contributed by atoms with Crippen molar-refractivity contribution in [3.05, 3.63) is 34.5 Å². The Morgan fingerprint density at radius 3 is 2.17 bits per heavy atom. The Balaban J connectivity index is 0.00000320. The van der Waals surface area contributed by atoms with E-state index in [-0.39, 0.29) is 41.8 Å². The minimum atomic E-state index is -5.11. The molecule has 1 aromatic carbocycles. The van der Waals surface area contributed by atoms with E-state index in [2.05, 4.69) is 5.32 Å². The fourth-order valence-corrected chi connectivity index (χ4v) is 7.94. The van der Waals surface area contributed by atoms with Gasteiger partial charge in [0.2, 0.25) is 10.0 Å². The Morgan fingerprint density at radius 2 is 1.67 bits per heavy atom. The molecule has 14 heteroatoms. The van der Waals surface area contributed by atoms with Crippen LogP contribution in [0.5, 0.6) is 0 Å². The van der Waals surface area contributed by atoms with Crippen LogP contribution in [-0.4, -0.2) is 35.1 Å². The molecule has 3 rings (SSSR count). The molecule has 1 fully saturated rings. The van der Waals surface area contributed by atoms with E-state index in [9.17, 15) is 29.8 Å². The maximum absolute atomic E-state index is 13.1. The molecule has 0 radical (unpaired) electrons. The van der Waals surface area contributed by atoms with Gasteiger partial charge in [0.05, 0.1) is 20.7 Å². The molecule has 160 valence electrons. The SMILES string of the molecule is NS(=O)(=O)c1cc(S(=O)(=O)[O-])c(NCc2cccs2)cc1S(=O)(=O)C1CCCC1.[Na+]. The Bertz CT molecular complexity index is 1220. The van der Waals surface area contributed by atoms with Gasteiger partial charge in [-0.25, -0.2) is 30.4 Å². The molecule has 0 atom stereocenters. The first-order valence-corrected chi connectivity index (χ1v) is 14.0. The predicted molar refractivity (Wildman–Crippen MR) is 107 cm³/mol. The van der Waals surface area contributed by atoms with Crippen LogP contribution >= 0.6 is 11.3 Å². The maximum atomic E-state index is 13.1. The van der Waals surface area contributed by atoms with Gasteiger partial charge in [0.25, 0.3) is 0 Å². The van der Waals surface area contributed by atoms with Crippen molar-refractivity contribution in [2.45, 2.75) is 52.2 Å². The van der Waals surface area contributed by atoms with Gasteiger partial charge in [-0.2, -0.15) is 0 Å². The molecule has 1 saturated carbocycles. The molecule has 1 aliphatic carbocycles. The molecule has 1 aromatic heterocycles. The maximum Gasteiger partial charge on any atom is 1.00 e. The number of hydrogen-bond donors (Lipinski definition) is 2. The Morgan fingerprint density at radius 1 is 1.03 bits per heavy atom. The second-order valence-electron chi connectivity index (χ2n) is 6.68. The average molecular weight is 503 g/mol. The summed E-state index contributed by atoms with van der Waals surface area (Å²) in [7, 11) is -13.8. The molecule has 3 N–H and O–H groups in total. The number of thiophene rings is 1. The minimum absolute atomic E-state index is 0. The van der Waals surface area contributed by atoms with Crippen LogP contribution in [0.1, 0.15) is 30.6 Å². The smallest absolute Gasteiger partial charge is 0.744 e. The number of benzene rings is 1. The fraction of sp³-hybridized carbons (Fsp3) is 0.375. The van der Waals surface area contributed by atoms with Crippen molar-refractivity contribution in [2.75, 3.05) is 5.32 Å². The van der Waals surface area contributed by atoms with Gasteiger partial charge in [-0.05, 0) is 36.4 Å². The molecule has 2 aromatic rings. The molecule has 1 aliphatic rings. The predicted octanol–water partition coefficient (Wildman–Crippen LogP) is -1.37. The van der Waals surface area contributed by atoms with E-state index in [1.54, 1.807) is 17.5 Å². The molecule has 30 heavy (non-hydrogen) atoms. The summed E-state index contributed by atoms with van der Waals surface area (Å²) in [5, 5.41) is 8.90. The zero-order valence-electron chi connectivity index (χ0n) is 16.1. The number of sulfone groups is 1. The van der Waals surface area contributed by atoms with Crippen LogP contribution in [-0.2, 0) is 36.5 Å². The number of primary sulfonamides is 1. The summed E-state index contributed by atoms with van der Waals surface area (Å²) in [5.41, 5.74) is -0.280. The molecule has 9 nitrogen and oxygen atoms in total. The number of nitrogens with two attached hydrogens (primary N) is 1. The van der Waals surface area contributed by atoms with Crippen molar-refractivity contribution in [3.63, 3.8) is 0 Å². The van der Waals surface area contributed by atoms with Gasteiger partial charge in [0, 0.05) is 11.4 Å². The van der Waals surface area contributed by atoms with Gasteiger partial charge >= 0.3 is 29.6 Å². The van der Waals surface area contributed by atoms with Crippen LogP contribution in [0.4, 0.5) is 5.69 Å². The number of rotatable bonds is 7. The van der Waals surface area contributed by atoms with Crippen molar-refractivity contribution in [1.29, 1.82) is 0 Å². The topological polar surface area (TPSA) is 164 Å². The first kappa shape index (κ1) is 25.7. The Labute approximate surface area is 202 Å². The van der Waals surface area contributed by atoms with Crippen molar-refractivity contribution in [3.8, 4) is 0 Å². The zero-order valence-corrected chi connectivity index (χ0v) is 21.3. The fourth-order valence-electron chi connectivity index (χ4n) is 3.30. The summed E-state index contributed by atoms with van der Waals surface area (Å²) in [6.45, 7) is 0.123. The molecule has 1 heterocycles. The van der Waals surface area contributed by atoms with Crippen LogP contribution in [0.3, 0.4) is 0 Å². The van der Waals surface area contributed by atoms with Crippen LogP contribution in [0.15, 0.2) is 44.3 Å². The van der Waals surface area contributed by atoms with E-state index < -0.39 is 49.9 Å². The minimum Gasteiger partial charge on any atom is -0.744 e. The molecular formula is C16H19N2NaO7S4. The molecule has 0 saturated heterocycles. The average Bonchev–Trinajstić information content (AvgIpc) is 3.31. The summed E-state index contributed by atoms with van der Waals surface area (Å²) < 4.78 is 85.4. The summed E-state index contributed by atoms with van der Waals surface area (Å²) in [6, 6.07) is 4.97. The van der Waals surface area contributed by atoms with E-state index >= 15 is 0 Å². The molecule has 0 amide bonds. The van der Waals surface area contributed by atoms with E-state index in [4.69, 9.17) is 5.14 Å². The van der Waals surface area contributed by atoms with Crippen molar-refractivity contribution in [1.82, 2.24) is 0 Å². The number of sulfonamides is 1. The summed E-state index contributed by atoms with van der Waals surface area (Å²) in [6.07, 6.45) is 2.11. The van der Waals surface area contributed by atoms with Crippen LogP contribution < -0.4 is 40.0 Å². The number of hydrogen-bond acceptors (Lipinski definition) is 9. The van der Waals surface area contributed by atoms with Crippen LogP contribution in [0.25, 0.3) is 0 Å². The summed E-state index contributed by atoms with van der Waals surface area (Å²) in [4.78, 5) is -1.55. The molecule has 0 spiro atoms. The van der Waals surface area contributed by atoms with E-state index in [1.165, 1.54) is 11.3 Å². The van der Waals surface area contributed by atoms with E-state index in [0.29, 0.717) is 31.7 Å². The molecular weight excluding hydrogens is 483 g/mol. The third-order valence-electron chi connectivity index (χ3n) is 4.70. The van der Waals surface area contributed by atoms with Crippen molar-refractivity contribution >= 4 is 47.0 Å². The third-order valence-corrected chi connectivity index (χ3v) is 9.84. The zero-order chi connectivity index (χ0) is 21.4. The Hall–Kier alpha value is -0.510. The van der Waals surface area contributed by atoms with Gasteiger partial charge in [-0.15, -0.1) is 11.3 Å². The van der Waals surface area contributed by atoms with Gasteiger partial charge in [-0.3, -0.25) is 0 Å². The standard InChI is InChI=1S/C16H20N2O7S4.Na/c17-28(21,22)16-9-14(29(23,24)25)13(18-10-11-4-3-7-26-11)8-15(16)27(19,20)12-5-1-2-6-12;/h3-4,7-9,12,18H,1-2,5-6,10H2,(H2,17,21,22)(H,23,24,25);/q;+1/p-1. The van der Waals surface area contributed by atoms with Gasteiger partial charge < -0.3 is 9.87 Å². The summed E-state index contributed by atoms with van der Waals surface area (Å²) in [5.74, 6) is 0. The number of nitrogens with one attached hydrogen (secondary N) is 1. The van der Waals surface area contributed by atoms with Crippen molar-refractivity contribution < 1.29 is 59.4 Å². The Kier molecular flexibility index (Phi) is 8.19. The van der Waals surface area contributed by atoms with E-state index in [0.717, 1.165) is 10.9 Å². The monoisotopic (exact) mass is 502 g/mol. The second-order valence-corrected chi connectivity index (χ2v) is 12.8. The number of anilines is 1. The van der Waals surface area contributed by atoms with Crippen LogP contribution in [0.2, 0.25) is 0 Å². The normalized spacial score (nSPS) is 15.7. The first-order valence-electron chi connectivity index (χ1n) is 8.57. The second kappa shape index (κ2) is 9.55. The van der Waals surface area contributed by atoms with Gasteiger partial charge in [0.1, 0.15) is 15.0 Å². The van der Waals surface area contributed by atoms with Crippen LogP contribution in [0, 0.1) is 0 Å². The first-order chi connectivity index (χ1) is 13.4. The third kappa shape index (κ3) is 5.64. The van der Waals surface area contributed by atoms with Gasteiger partial charge in [-0.1, -0.05) is 18.9 Å². The van der Waals surface area contributed by atoms with E-state index in [1.807, 2.05) is 0 Å². The van der Waals surface area contributed by atoms with Crippen molar-refractivity contribution in [2.24, 2.45) is 5.14 Å². The quantitative estimate of drug-likeness (QED) is 0.346. The largest absolute Gasteiger partial charge is 1.00 e. The summed E-state index contributed by atoms with van der Waals surface area (Å²) >= 11 is 1.37. The molecule has 0 unspecified atom stereocenters. The molecule has 0 bridgehead atoms. The molecule has 0 aliphatic heterocycles.